The van der Waals surface area contributed by atoms with Crippen molar-refractivity contribution in [2.75, 3.05) is 19.0 Å². The van der Waals surface area contributed by atoms with E-state index in [0.29, 0.717) is 11.4 Å². The average Bonchev–Trinajstić information content (AvgIpc) is 2.42. The van der Waals surface area contributed by atoms with Crippen LogP contribution in [0.3, 0.4) is 0 Å². The number of nitrogens with zero attached hydrogens (tertiary/aromatic N) is 3. The van der Waals surface area contributed by atoms with E-state index < -0.39 is 0 Å². The molecule has 0 aliphatic rings. The SMILES string of the molecule is CC(=NNC(N)=S)C(=Nc1ccc(N(C)C)cc1)NO. The fourth-order valence-corrected chi connectivity index (χ4v) is 1.38. The number of thiocarbonyl (C=S) groups is 1. The van der Waals surface area contributed by atoms with Gasteiger partial charge in [0.15, 0.2) is 10.9 Å². The van der Waals surface area contributed by atoms with Crippen LogP contribution in [0.25, 0.3) is 0 Å². The van der Waals surface area contributed by atoms with Gasteiger partial charge in [0.25, 0.3) is 0 Å². The van der Waals surface area contributed by atoms with Gasteiger partial charge in [0.2, 0.25) is 0 Å². The van der Waals surface area contributed by atoms with E-state index >= 15 is 0 Å². The molecule has 5 N–H and O–H groups in total. The molecule has 0 unspecified atom stereocenters. The summed E-state index contributed by atoms with van der Waals surface area (Å²) in [6.45, 7) is 1.65. The molecule has 0 fully saturated rings. The number of nitrogens with one attached hydrogen (secondary N) is 2. The molecule has 0 saturated heterocycles. The molecule has 0 radical (unpaired) electrons. The van der Waals surface area contributed by atoms with Crippen LogP contribution in [0, 0.1) is 0 Å². The Morgan fingerprint density at radius 2 is 1.90 bits per heavy atom. The van der Waals surface area contributed by atoms with E-state index in [1.807, 2.05) is 48.7 Å². The minimum atomic E-state index is 0.0389. The fraction of sp³-hybridized carbons (Fsp3) is 0.250. The number of aliphatic imine (C=N–C) groups is 1. The molecule has 20 heavy (non-hydrogen) atoms. The molecule has 8 heteroatoms. The van der Waals surface area contributed by atoms with Crippen LogP contribution >= 0.6 is 12.2 Å². The number of benzene rings is 1. The average molecular weight is 294 g/mol. The molecule has 7 nitrogen and oxygen atoms in total. The Bertz CT molecular complexity index is 523. The smallest absolute Gasteiger partial charge is 0.184 e. The van der Waals surface area contributed by atoms with Gasteiger partial charge in [0.05, 0.1) is 5.69 Å². The van der Waals surface area contributed by atoms with Crippen molar-refractivity contribution in [3.05, 3.63) is 24.3 Å². The normalized spacial score (nSPS) is 12.0. The van der Waals surface area contributed by atoms with E-state index in [2.05, 4.69) is 27.7 Å². The Kier molecular flexibility index (Phi) is 5.88. The lowest BCUT2D eigenvalue weighted by Crippen LogP contribution is -2.31. The van der Waals surface area contributed by atoms with Crippen LogP contribution in [0.4, 0.5) is 11.4 Å². The van der Waals surface area contributed by atoms with E-state index in [0.717, 1.165) is 5.69 Å². The Hall–Kier alpha value is -2.19. The summed E-state index contributed by atoms with van der Waals surface area (Å²) in [5.41, 5.74) is 11.8. The molecule has 0 heterocycles. The van der Waals surface area contributed by atoms with Crippen LogP contribution in [0.1, 0.15) is 6.92 Å². The Labute approximate surface area is 123 Å². The van der Waals surface area contributed by atoms with Gasteiger partial charge in [-0.25, -0.2) is 4.99 Å². The van der Waals surface area contributed by atoms with Crippen LogP contribution in [0.2, 0.25) is 0 Å². The van der Waals surface area contributed by atoms with Gasteiger partial charge in [-0.3, -0.25) is 16.1 Å². The summed E-state index contributed by atoms with van der Waals surface area (Å²) in [6, 6.07) is 7.52. The number of rotatable bonds is 4. The van der Waals surface area contributed by atoms with Gasteiger partial charge in [-0.15, -0.1) is 0 Å². The number of hydroxylamine groups is 1. The maximum Gasteiger partial charge on any atom is 0.184 e. The first-order chi connectivity index (χ1) is 9.43. The van der Waals surface area contributed by atoms with Gasteiger partial charge in [-0.1, -0.05) is 0 Å². The van der Waals surface area contributed by atoms with E-state index in [1.54, 1.807) is 6.92 Å². The molecule has 1 aromatic carbocycles. The number of nitrogens with two attached hydrogens (primary N) is 1. The van der Waals surface area contributed by atoms with Crippen molar-refractivity contribution >= 4 is 40.3 Å². The first kappa shape index (κ1) is 15.9. The molecule has 0 amide bonds. The zero-order chi connectivity index (χ0) is 15.1. The third-order valence-corrected chi connectivity index (χ3v) is 2.48. The van der Waals surface area contributed by atoms with Crippen molar-refractivity contribution < 1.29 is 5.21 Å². The monoisotopic (exact) mass is 294 g/mol. The highest BCUT2D eigenvalue weighted by atomic mass is 32.1. The molecule has 0 bridgehead atoms. The van der Waals surface area contributed by atoms with Gasteiger partial charge >= 0.3 is 0 Å². The summed E-state index contributed by atoms with van der Waals surface area (Å²) in [4.78, 5) is 6.22. The van der Waals surface area contributed by atoms with E-state index in [1.165, 1.54) is 0 Å². The van der Waals surface area contributed by atoms with Crippen LogP contribution in [0.15, 0.2) is 34.4 Å². The molecule has 0 atom stereocenters. The van der Waals surface area contributed by atoms with E-state index in [-0.39, 0.29) is 10.9 Å². The summed E-state index contributed by atoms with van der Waals surface area (Å²) >= 11 is 4.64. The summed E-state index contributed by atoms with van der Waals surface area (Å²) in [7, 11) is 3.91. The largest absolute Gasteiger partial charge is 0.378 e. The lowest BCUT2D eigenvalue weighted by molar-refractivity contribution is 0.236. The van der Waals surface area contributed by atoms with Crippen molar-refractivity contribution in [1.29, 1.82) is 0 Å². The maximum absolute atomic E-state index is 9.10. The van der Waals surface area contributed by atoms with Crippen LogP contribution in [-0.2, 0) is 0 Å². The molecule has 0 aliphatic carbocycles. The first-order valence-corrected chi connectivity index (χ1v) is 6.21. The minimum Gasteiger partial charge on any atom is -0.378 e. The van der Waals surface area contributed by atoms with Crippen molar-refractivity contribution in [3.63, 3.8) is 0 Å². The van der Waals surface area contributed by atoms with Crippen molar-refractivity contribution in [2.24, 2.45) is 15.8 Å². The second-order valence-electron chi connectivity index (χ2n) is 4.16. The summed E-state index contributed by atoms with van der Waals surface area (Å²) < 4.78 is 0. The van der Waals surface area contributed by atoms with E-state index in [4.69, 9.17) is 10.9 Å². The number of hydrogen-bond acceptors (Lipinski definition) is 5. The Balaban J connectivity index is 2.93. The molecule has 0 saturated carbocycles. The van der Waals surface area contributed by atoms with Crippen LogP contribution in [0.5, 0.6) is 0 Å². The predicted octanol–water partition coefficient (Wildman–Crippen LogP) is 0.970. The predicted molar refractivity (Wildman–Crippen MR) is 85.8 cm³/mol. The summed E-state index contributed by atoms with van der Waals surface area (Å²) in [6.07, 6.45) is 0. The number of anilines is 1. The Morgan fingerprint density at radius 3 is 2.35 bits per heavy atom. The standard InChI is InChI=1S/C12H18N6OS/c1-8(15-16-12(13)20)11(17-19)14-9-4-6-10(7-5-9)18(2)3/h4-7,19H,1-3H3,(H,14,17)(H3,13,16,20). The number of hydrazone groups is 1. The molecular weight excluding hydrogens is 276 g/mol. The van der Waals surface area contributed by atoms with Crippen molar-refractivity contribution in [1.82, 2.24) is 10.9 Å². The van der Waals surface area contributed by atoms with Crippen molar-refractivity contribution in [2.45, 2.75) is 6.92 Å². The summed E-state index contributed by atoms with van der Waals surface area (Å²) in [5, 5.41) is 13.0. The third kappa shape index (κ3) is 4.82. The summed E-state index contributed by atoms with van der Waals surface area (Å²) in [5.74, 6) is 0.200. The Morgan fingerprint density at radius 1 is 1.30 bits per heavy atom. The van der Waals surface area contributed by atoms with Gasteiger partial charge in [-0.05, 0) is 43.4 Å². The molecule has 0 aromatic heterocycles. The highest BCUT2D eigenvalue weighted by Gasteiger charge is 2.03. The highest BCUT2D eigenvalue weighted by molar-refractivity contribution is 7.80. The molecule has 0 aliphatic heterocycles. The topological polar surface area (TPSA) is 98.3 Å². The third-order valence-electron chi connectivity index (χ3n) is 2.39. The number of hydrogen-bond donors (Lipinski definition) is 4. The minimum absolute atomic E-state index is 0.0389. The van der Waals surface area contributed by atoms with Crippen LogP contribution in [-0.4, -0.2) is 36.0 Å². The maximum atomic E-state index is 9.10. The molecular formula is C12H18N6OS. The zero-order valence-corrected chi connectivity index (χ0v) is 12.4. The quantitative estimate of drug-likeness (QED) is 0.286. The highest BCUT2D eigenvalue weighted by Crippen LogP contribution is 2.18. The zero-order valence-electron chi connectivity index (χ0n) is 11.6. The van der Waals surface area contributed by atoms with Gasteiger partial charge < -0.3 is 10.6 Å². The van der Waals surface area contributed by atoms with Gasteiger partial charge in [-0.2, -0.15) is 5.10 Å². The molecule has 0 spiro atoms. The number of amidine groups is 1. The molecule has 108 valence electrons. The molecule has 1 rings (SSSR count). The van der Waals surface area contributed by atoms with Crippen LogP contribution < -0.4 is 21.5 Å². The first-order valence-electron chi connectivity index (χ1n) is 5.80. The van der Waals surface area contributed by atoms with Gasteiger partial charge in [0.1, 0.15) is 5.71 Å². The van der Waals surface area contributed by atoms with Gasteiger partial charge in [0, 0.05) is 19.8 Å². The lowest BCUT2D eigenvalue weighted by Gasteiger charge is -2.12. The second kappa shape index (κ2) is 7.41. The van der Waals surface area contributed by atoms with Crippen molar-refractivity contribution in [3.8, 4) is 0 Å². The second-order valence-corrected chi connectivity index (χ2v) is 4.60. The lowest BCUT2D eigenvalue weighted by atomic mass is 10.2. The van der Waals surface area contributed by atoms with E-state index in [9.17, 15) is 0 Å². The molecule has 1 aromatic rings. The fourth-order valence-electron chi connectivity index (χ4n) is 1.33.